The van der Waals surface area contributed by atoms with Gasteiger partial charge in [0.1, 0.15) is 5.82 Å². The van der Waals surface area contributed by atoms with E-state index in [0.29, 0.717) is 5.92 Å². The van der Waals surface area contributed by atoms with Crippen molar-refractivity contribution in [1.82, 2.24) is 15.3 Å². The van der Waals surface area contributed by atoms with Crippen LogP contribution in [0.1, 0.15) is 49.5 Å². The Morgan fingerprint density at radius 3 is 2.17 bits per heavy atom. The zero-order valence-electron chi connectivity index (χ0n) is 12.5. The van der Waals surface area contributed by atoms with E-state index < -0.39 is 0 Å². The number of nitrogens with one attached hydrogen (secondary N) is 1. The Hall–Kier alpha value is -0.960. The summed E-state index contributed by atoms with van der Waals surface area (Å²) in [5.74, 6) is 1.72. The molecule has 0 aliphatic carbocycles. The van der Waals surface area contributed by atoms with E-state index in [1.165, 1.54) is 5.56 Å². The van der Waals surface area contributed by atoms with E-state index in [1.807, 2.05) is 7.05 Å². The van der Waals surface area contributed by atoms with Gasteiger partial charge in [0.05, 0.1) is 0 Å². The molecule has 0 fully saturated rings. The molecule has 0 bridgehead atoms. The predicted octanol–water partition coefficient (Wildman–Crippen LogP) is 2.83. The summed E-state index contributed by atoms with van der Waals surface area (Å²) < 4.78 is 0. The van der Waals surface area contributed by atoms with E-state index >= 15 is 0 Å². The van der Waals surface area contributed by atoms with Crippen molar-refractivity contribution in [3.05, 3.63) is 22.8 Å². The van der Waals surface area contributed by atoms with E-state index in [-0.39, 0.29) is 0 Å². The monoisotopic (exact) mass is 249 g/mol. The minimum absolute atomic E-state index is 0.713. The number of nitrogens with zero attached hydrogens (tertiary/aromatic N) is 2. The quantitative estimate of drug-likeness (QED) is 0.755. The number of aryl methyl sites for hydroxylation is 3. The third-order valence-electron chi connectivity index (χ3n) is 3.27. The van der Waals surface area contributed by atoms with Crippen molar-refractivity contribution in [2.45, 2.75) is 53.4 Å². The van der Waals surface area contributed by atoms with Crippen molar-refractivity contribution < 1.29 is 0 Å². The van der Waals surface area contributed by atoms with Crippen molar-refractivity contribution in [2.24, 2.45) is 5.92 Å². The Labute approximate surface area is 111 Å². The normalized spacial score (nSPS) is 11.2. The summed E-state index contributed by atoms with van der Waals surface area (Å²) in [6.45, 7) is 9.76. The van der Waals surface area contributed by atoms with Gasteiger partial charge in [-0.2, -0.15) is 0 Å². The molecule has 0 saturated carbocycles. The lowest BCUT2D eigenvalue weighted by molar-refractivity contribution is 0.572. The molecule has 1 heterocycles. The van der Waals surface area contributed by atoms with E-state index in [1.54, 1.807) is 0 Å². The average molecular weight is 249 g/mol. The van der Waals surface area contributed by atoms with Gasteiger partial charge in [-0.15, -0.1) is 0 Å². The lowest BCUT2D eigenvalue weighted by atomic mass is 10.0. The molecule has 18 heavy (non-hydrogen) atoms. The van der Waals surface area contributed by atoms with Gasteiger partial charge in [-0.3, -0.25) is 0 Å². The highest BCUT2D eigenvalue weighted by atomic mass is 14.9. The molecule has 0 unspecified atom stereocenters. The lowest BCUT2D eigenvalue weighted by Crippen LogP contribution is -2.11. The van der Waals surface area contributed by atoms with E-state index in [0.717, 1.165) is 49.4 Å². The van der Waals surface area contributed by atoms with E-state index in [2.05, 4.69) is 43.0 Å². The molecule has 0 aliphatic rings. The summed E-state index contributed by atoms with van der Waals surface area (Å²) >= 11 is 0. The third kappa shape index (κ3) is 4.73. The maximum Gasteiger partial charge on any atom is 0.128 e. The second-order valence-corrected chi connectivity index (χ2v) is 5.43. The molecule has 1 aromatic heterocycles. The summed E-state index contributed by atoms with van der Waals surface area (Å²) in [5, 5.41) is 3.18. The first kappa shape index (κ1) is 15.1. The zero-order chi connectivity index (χ0) is 13.5. The van der Waals surface area contributed by atoms with Gasteiger partial charge in [0, 0.05) is 17.8 Å². The summed E-state index contributed by atoms with van der Waals surface area (Å²) in [7, 11) is 1.99. The highest BCUT2D eigenvalue weighted by molar-refractivity contribution is 5.24. The first-order chi connectivity index (χ1) is 8.54. The van der Waals surface area contributed by atoms with Crippen LogP contribution < -0.4 is 5.32 Å². The standard InChI is InChI=1S/C15H27N3/c1-11(2)8-9-15-17-12(3)14(13(4)18-15)7-6-10-16-5/h11,16H,6-10H2,1-5H3. The fourth-order valence-electron chi connectivity index (χ4n) is 2.14. The first-order valence-electron chi connectivity index (χ1n) is 7.02. The average Bonchev–Trinajstić information content (AvgIpc) is 2.30. The molecule has 0 atom stereocenters. The van der Waals surface area contributed by atoms with Crippen molar-refractivity contribution in [1.29, 1.82) is 0 Å². The first-order valence-corrected chi connectivity index (χ1v) is 7.02. The van der Waals surface area contributed by atoms with Crippen LogP contribution in [-0.4, -0.2) is 23.6 Å². The molecule has 0 amide bonds. The maximum atomic E-state index is 4.65. The third-order valence-corrected chi connectivity index (χ3v) is 3.27. The van der Waals surface area contributed by atoms with Crippen LogP contribution in [0.25, 0.3) is 0 Å². The molecule has 0 aromatic carbocycles. The van der Waals surface area contributed by atoms with Crippen molar-refractivity contribution >= 4 is 0 Å². The van der Waals surface area contributed by atoms with Crippen LogP contribution in [0.4, 0.5) is 0 Å². The van der Waals surface area contributed by atoms with Gasteiger partial charge in [-0.1, -0.05) is 13.8 Å². The van der Waals surface area contributed by atoms with Gasteiger partial charge in [-0.25, -0.2) is 9.97 Å². The number of aromatic nitrogens is 2. The molecule has 1 aromatic rings. The maximum absolute atomic E-state index is 4.65. The van der Waals surface area contributed by atoms with Gasteiger partial charge >= 0.3 is 0 Å². The number of rotatable bonds is 7. The second-order valence-electron chi connectivity index (χ2n) is 5.43. The Morgan fingerprint density at radius 2 is 1.67 bits per heavy atom. The van der Waals surface area contributed by atoms with Crippen LogP contribution in [0.5, 0.6) is 0 Å². The molecular formula is C15H27N3. The molecule has 1 N–H and O–H groups in total. The van der Waals surface area contributed by atoms with E-state index in [9.17, 15) is 0 Å². The fraction of sp³-hybridized carbons (Fsp3) is 0.733. The second kappa shape index (κ2) is 7.47. The molecular weight excluding hydrogens is 222 g/mol. The summed E-state index contributed by atoms with van der Waals surface area (Å²) in [4.78, 5) is 9.31. The summed E-state index contributed by atoms with van der Waals surface area (Å²) in [6.07, 6.45) is 4.38. The number of hydrogen-bond donors (Lipinski definition) is 1. The summed E-state index contributed by atoms with van der Waals surface area (Å²) in [5.41, 5.74) is 3.66. The molecule has 1 rings (SSSR count). The minimum Gasteiger partial charge on any atom is -0.320 e. The van der Waals surface area contributed by atoms with Crippen molar-refractivity contribution in [3.8, 4) is 0 Å². The largest absolute Gasteiger partial charge is 0.320 e. The van der Waals surface area contributed by atoms with Crippen LogP contribution in [0.2, 0.25) is 0 Å². The molecule has 0 saturated heterocycles. The molecule has 0 aliphatic heterocycles. The van der Waals surface area contributed by atoms with Gasteiger partial charge in [0.2, 0.25) is 0 Å². The predicted molar refractivity (Wildman–Crippen MR) is 76.9 cm³/mol. The smallest absolute Gasteiger partial charge is 0.128 e. The molecule has 0 spiro atoms. The van der Waals surface area contributed by atoms with Gasteiger partial charge in [0.25, 0.3) is 0 Å². The van der Waals surface area contributed by atoms with Crippen LogP contribution in [0, 0.1) is 19.8 Å². The Balaban J connectivity index is 2.71. The van der Waals surface area contributed by atoms with E-state index in [4.69, 9.17) is 0 Å². The highest BCUT2D eigenvalue weighted by Gasteiger charge is 2.08. The summed E-state index contributed by atoms with van der Waals surface area (Å²) in [6, 6.07) is 0. The van der Waals surface area contributed by atoms with Gasteiger partial charge < -0.3 is 5.32 Å². The lowest BCUT2D eigenvalue weighted by Gasteiger charge is -2.11. The van der Waals surface area contributed by atoms with Gasteiger partial charge in [0.15, 0.2) is 0 Å². The minimum atomic E-state index is 0.713. The van der Waals surface area contributed by atoms with Crippen LogP contribution in [-0.2, 0) is 12.8 Å². The fourth-order valence-corrected chi connectivity index (χ4v) is 2.14. The van der Waals surface area contributed by atoms with Crippen molar-refractivity contribution in [2.75, 3.05) is 13.6 Å². The number of hydrogen-bond acceptors (Lipinski definition) is 3. The van der Waals surface area contributed by atoms with Crippen LogP contribution in [0.3, 0.4) is 0 Å². The molecule has 102 valence electrons. The van der Waals surface area contributed by atoms with Crippen LogP contribution in [0.15, 0.2) is 0 Å². The Bertz CT molecular complexity index is 349. The van der Waals surface area contributed by atoms with Gasteiger partial charge in [-0.05, 0) is 58.2 Å². The molecule has 3 nitrogen and oxygen atoms in total. The zero-order valence-corrected chi connectivity index (χ0v) is 12.5. The molecule has 0 radical (unpaired) electrons. The topological polar surface area (TPSA) is 37.8 Å². The molecule has 3 heteroatoms. The Kier molecular flexibility index (Phi) is 6.27. The highest BCUT2D eigenvalue weighted by Crippen LogP contribution is 2.14. The Morgan fingerprint density at radius 1 is 1.06 bits per heavy atom. The SMILES string of the molecule is CNCCCc1c(C)nc(CCC(C)C)nc1C. The van der Waals surface area contributed by atoms with Crippen molar-refractivity contribution in [3.63, 3.8) is 0 Å². The van der Waals surface area contributed by atoms with Crippen LogP contribution >= 0.6 is 0 Å².